The first-order valence-corrected chi connectivity index (χ1v) is 5.92. The fourth-order valence-electron chi connectivity index (χ4n) is 2.35. The van der Waals surface area contributed by atoms with Crippen LogP contribution in [0.2, 0.25) is 0 Å². The van der Waals surface area contributed by atoms with Crippen molar-refractivity contribution in [3.05, 3.63) is 29.5 Å². The number of nitrogens with two attached hydrogens (primary N) is 1. The Hall–Kier alpha value is -2.54. The van der Waals surface area contributed by atoms with E-state index in [4.69, 9.17) is 25.5 Å². The second kappa shape index (κ2) is 5.22. The average Bonchev–Trinajstić information content (AvgIpc) is 2.78. The molecular weight excluding hydrogens is 264 g/mol. The minimum Gasteiger partial charge on any atom is -0.508 e. The highest BCUT2D eigenvalue weighted by atomic mass is 16.4. The van der Waals surface area contributed by atoms with Gasteiger partial charge in [-0.05, 0) is 30.5 Å². The van der Waals surface area contributed by atoms with Gasteiger partial charge in [-0.25, -0.2) is 9.59 Å². The average molecular weight is 278 g/mol. The Labute approximate surface area is 113 Å². The van der Waals surface area contributed by atoms with Crippen molar-refractivity contribution < 1.29 is 24.9 Å². The molecule has 1 aromatic heterocycles. The molecule has 0 fully saturated rings. The van der Waals surface area contributed by atoms with Gasteiger partial charge in [-0.15, -0.1) is 0 Å². The van der Waals surface area contributed by atoms with Crippen molar-refractivity contribution in [3.8, 4) is 5.75 Å². The number of aromatic hydroxyl groups is 1. The van der Waals surface area contributed by atoms with Gasteiger partial charge in [-0.2, -0.15) is 0 Å². The fourth-order valence-corrected chi connectivity index (χ4v) is 2.35. The van der Waals surface area contributed by atoms with E-state index in [-0.39, 0.29) is 6.04 Å². The Kier molecular flexibility index (Phi) is 3.62. The van der Waals surface area contributed by atoms with Gasteiger partial charge >= 0.3 is 11.9 Å². The van der Waals surface area contributed by atoms with Crippen LogP contribution in [-0.4, -0.2) is 38.3 Å². The molecule has 7 nitrogen and oxygen atoms in total. The number of carbonyl (C=O) groups is 2. The number of phenolic OH excluding ortho intramolecular Hbond substituents is 1. The number of H-pyrrole nitrogens is 1. The van der Waals surface area contributed by atoms with E-state index >= 15 is 0 Å². The Bertz CT molecular complexity index is 665. The lowest BCUT2D eigenvalue weighted by Gasteiger charge is -2.19. The maximum absolute atomic E-state index is 9.73. The summed E-state index contributed by atoms with van der Waals surface area (Å²) in [5, 5.41) is 25.7. The number of aliphatic carboxylic acids is 2. The molecule has 1 heterocycles. The second-order valence-corrected chi connectivity index (χ2v) is 4.58. The van der Waals surface area contributed by atoms with Crippen LogP contribution >= 0.6 is 0 Å². The van der Waals surface area contributed by atoms with E-state index in [2.05, 4.69) is 4.98 Å². The summed E-state index contributed by atoms with van der Waals surface area (Å²) in [6.07, 6.45) is 3.66. The number of hydrogen-bond donors (Lipinski definition) is 5. The molecule has 2 aromatic rings. The van der Waals surface area contributed by atoms with Crippen LogP contribution in [-0.2, 0) is 22.4 Å². The molecule has 0 radical (unpaired) electrons. The van der Waals surface area contributed by atoms with E-state index in [1.807, 2.05) is 12.3 Å². The van der Waals surface area contributed by atoms with E-state index in [0.29, 0.717) is 5.75 Å². The summed E-state index contributed by atoms with van der Waals surface area (Å²) in [6.45, 7) is 0. The minimum atomic E-state index is -1.82. The molecule has 7 heteroatoms. The molecule has 1 aliphatic rings. The smallest absolute Gasteiger partial charge is 0.414 e. The summed E-state index contributed by atoms with van der Waals surface area (Å²) in [4.78, 5) is 21.4. The van der Waals surface area contributed by atoms with Gasteiger partial charge in [-0.1, -0.05) is 0 Å². The molecule has 106 valence electrons. The van der Waals surface area contributed by atoms with Crippen LogP contribution in [0.3, 0.4) is 0 Å². The van der Waals surface area contributed by atoms with Crippen molar-refractivity contribution in [1.29, 1.82) is 0 Å². The minimum absolute atomic E-state index is 0.134. The highest BCUT2D eigenvalue weighted by Crippen LogP contribution is 2.34. The van der Waals surface area contributed by atoms with Gasteiger partial charge in [0.25, 0.3) is 0 Å². The molecule has 1 aromatic carbocycles. The Morgan fingerprint density at radius 3 is 2.45 bits per heavy atom. The SMILES string of the molecule is NC1Cc2c[nH]c3ccc(O)c(c23)C1.O=C(O)C(=O)O. The molecule has 0 bridgehead atoms. The lowest BCUT2D eigenvalue weighted by Crippen LogP contribution is -2.28. The first kappa shape index (κ1) is 13.9. The molecule has 3 rings (SSSR count). The van der Waals surface area contributed by atoms with E-state index in [0.717, 1.165) is 23.9 Å². The molecule has 1 aliphatic carbocycles. The fraction of sp³-hybridized carbons (Fsp3) is 0.231. The second-order valence-electron chi connectivity index (χ2n) is 4.58. The van der Waals surface area contributed by atoms with Crippen molar-refractivity contribution in [2.75, 3.05) is 0 Å². The van der Waals surface area contributed by atoms with Gasteiger partial charge in [0.1, 0.15) is 5.75 Å². The molecule has 0 amide bonds. The number of phenols is 1. The highest BCUT2D eigenvalue weighted by molar-refractivity contribution is 6.27. The summed E-state index contributed by atoms with van der Waals surface area (Å²) in [7, 11) is 0. The number of carboxylic acid groups (broad SMARTS) is 2. The van der Waals surface area contributed by atoms with E-state index in [1.165, 1.54) is 10.9 Å². The van der Waals surface area contributed by atoms with Crippen molar-refractivity contribution >= 4 is 22.8 Å². The zero-order chi connectivity index (χ0) is 14.9. The van der Waals surface area contributed by atoms with Crippen LogP contribution in [0, 0.1) is 0 Å². The quantitative estimate of drug-likeness (QED) is 0.444. The van der Waals surface area contributed by atoms with Crippen molar-refractivity contribution in [1.82, 2.24) is 4.98 Å². The molecule has 0 saturated heterocycles. The summed E-state index contributed by atoms with van der Waals surface area (Å²) in [5.74, 6) is -3.28. The van der Waals surface area contributed by atoms with Gasteiger partial charge in [0.2, 0.25) is 0 Å². The van der Waals surface area contributed by atoms with Gasteiger partial charge in [0, 0.05) is 28.7 Å². The molecular formula is C13H14N2O5. The zero-order valence-corrected chi connectivity index (χ0v) is 10.5. The number of benzene rings is 1. The van der Waals surface area contributed by atoms with Gasteiger partial charge in [0.05, 0.1) is 0 Å². The number of hydrogen-bond acceptors (Lipinski definition) is 4. The normalized spacial score (nSPS) is 16.4. The van der Waals surface area contributed by atoms with Crippen molar-refractivity contribution in [2.45, 2.75) is 18.9 Å². The summed E-state index contributed by atoms with van der Waals surface area (Å²) in [5.41, 5.74) is 9.25. The topological polar surface area (TPSA) is 137 Å². The van der Waals surface area contributed by atoms with Gasteiger partial charge in [-0.3, -0.25) is 0 Å². The number of aromatic amines is 1. The van der Waals surface area contributed by atoms with E-state index in [9.17, 15) is 5.11 Å². The third-order valence-electron chi connectivity index (χ3n) is 3.14. The number of carboxylic acids is 2. The maximum Gasteiger partial charge on any atom is 0.414 e. The Balaban J connectivity index is 0.000000212. The van der Waals surface area contributed by atoms with Gasteiger partial charge < -0.3 is 26.0 Å². The van der Waals surface area contributed by atoms with Crippen LogP contribution in [0.1, 0.15) is 11.1 Å². The van der Waals surface area contributed by atoms with Crippen LogP contribution in [0.25, 0.3) is 10.9 Å². The first-order valence-electron chi connectivity index (χ1n) is 5.92. The highest BCUT2D eigenvalue weighted by Gasteiger charge is 2.21. The molecule has 0 spiro atoms. The molecule has 1 unspecified atom stereocenters. The predicted octanol–water partition coefficient (Wildman–Crippen LogP) is 0.455. The summed E-state index contributed by atoms with van der Waals surface area (Å²) >= 11 is 0. The van der Waals surface area contributed by atoms with Crippen LogP contribution < -0.4 is 5.73 Å². The lowest BCUT2D eigenvalue weighted by atomic mass is 9.89. The Morgan fingerprint density at radius 2 is 1.85 bits per heavy atom. The van der Waals surface area contributed by atoms with Crippen LogP contribution in [0.15, 0.2) is 18.3 Å². The molecule has 1 atom stereocenters. The van der Waals surface area contributed by atoms with E-state index < -0.39 is 11.9 Å². The van der Waals surface area contributed by atoms with E-state index in [1.54, 1.807) is 6.07 Å². The van der Waals surface area contributed by atoms with Crippen molar-refractivity contribution in [2.24, 2.45) is 5.73 Å². The maximum atomic E-state index is 9.73. The lowest BCUT2D eigenvalue weighted by molar-refractivity contribution is -0.159. The molecule has 0 saturated carbocycles. The zero-order valence-electron chi connectivity index (χ0n) is 10.5. The van der Waals surface area contributed by atoms with Gasteiger partial charge in [0.15, 0.2) is 0 Å². The molecule has 20 heavy (non-hydrogen) atoms. The first-order chi connectivity index (χ1) is 9.40. The molecule has 6 N–H and O–H groups in total. The monoisotopic (exact) mass is 278 g/mol. The third-order valence-corrected chi connectivity index (χ3v) is 3.14. The van der Waals surface area contributed by atoms with Crippen molar-refractivity contribution in [3.63, 3.8) is 0 Å². The number of nitrogens with one attached hydrogen (secondary N) is 1. The summed E-state index contributed by atoms with van der Waals surface area (Å²) in [6, 6.07) is 3.78. The number of rotatable bonds is 0. The standard InChI is InChI=1S/C11H12N2O.C2H2O4/c12-7-3-6-5-13-9-1-2-10(14)8(4-7)11(6)9;3-1(4)2(5)6/h1-2,5,7,13-14H,3-4,12H2;(H,3,4)(H,5,6). The molecule has 0 aliphatic heterocycles. The number of aromatic nitrogens is 1. The summed E-state index contributed by atoms with van der Waals surface area (Å²) < 4.78 is 0. The predicted molar refractivity (Wildman–Crippen MR) is 70.6 cm³/mol. The third kappa shape index (κ3) is 2.57. The van der Waals surface area contributed by atoms with Crippen LogP contribution in [0.5, 0.6) is 5.75 Å². The largest absolute Gasteiger partial charge is 0.508 e. The Morgan fingerprint density at radius 1 is 1.20 bits per heavy atom. The van der Waals surface area contributed by atoms with Crippen LogP contribution in [0.4, 0.5) is 0 Å².